The maximum Gasteiger partial charge on any atom is 0.433 e. The highest BCUT2D eigenvalue weighted by atomic mass is 19.4. The minimum Gasteiger partial charge on any atom is -0.326 e. The number of benzene rings is 1. The van der Waals surface area contributed by atoms with Crippen molar-refractivity contribution in [2.24, 2.45) is 5.73 Å². The Morgan fingerprint density at radius 1 is 1.15 bits per heavy atom. The zero-order chi connectivity index (χ0) is 14.8. The van der Waals surface area contributed by atoms with E-state index in [4.69, 9.17) is 5.73 Å². The zero-order valence-electron chi connectivity index (χ0n) is 10.7. The van der Waals surface area contributed by atoms with Gasteiger partial charge in [-0.25, -0.2) is 9.97 Å². The third kappa shape index (κ3) is 3.05. The number of alkyl halides is 3. The number of halogens is 3. The van der Waals surface area contributed by atoms with Gasteiger partial charge in [-0.15, -0.1) is 0 Å². The average Bonchev–Trinajstić information content (AvgIpc) is 2.46. The van der Waals surface area contributed by atoms with Crippen molar-refractivity contribution in [1.82, 2.24) is 9.97 Å². The van der Waals surface area contributed by atoms with E-state index in [1.54, 1.807) is 31.3 Å². The number of hydrogen-bond donors (Lipinski definition) is 1. The summed E-state index contributed by atoms with van der Waals surface area (Å²) in [5.41, 5.74) is 6.15. The molecule has 106 valence electrons. The fraction of sp³-hybridized carbons (Fsp3) is 0.231. The molecule has 0 aliphatic carbocycles. The van der Waals surface area contributed by atoms with Gasteiger partial charge < -0.3 is 10.6 Å². The fourth-order valence-electron chi connectivity index (χ4n) is 1.64. The first kappa shape index (κ1) is 14.3. The predicted molar refractivity (Wildman–Crippen MR) is 69.4 cm³/mol. The molecule has 2 N–H and O–H groups in total. The topological polar surface area (TPSA) is 55.0 Å². The highest BCUT2D eigenvalue weighted by Crippen LogP contribution is 2.29. The largest absolute Gasteiger partial charge is 0.433 e. The van der Waals surface area contributed by atoms with Crippen LogP contribution in [0.25, 0.3) is 0 Å². The van der Waals surface area contributed by atoms with Crippen LogP contribution in [0.3, 0.4) is 0 Å². The molecular weight excluding hydrogens is 269 g/mol. The Morgan fingerprint density at radius 2 is 1.80 bits per heavy atom. The van der Waals surface area contributed by atoms with E-state index in [-0.39, 0.29) is 5.95 Å². The summed E-state index contributed by atoms with van der Waals surface area (Å²) in [5, 5.41) is 0. The van der Waals surface area contributed by atoms with E-state index in [1.807, 2.05) is 0 Å². The molecular formula is C13H13F3N4. The summed E-state index contributed by atoms with van der Waals surface area (Å²) in [6.07, 6.45) is -3.39. The molecule has 0 saturated carbocycles. The number of nitrogens with zero attached hydrogens (tertiary/aromatic N) is 3. The van der Waals surface area contributed by atoms with Gasteiger partial charge >= 0.3 is 6.18 Å². The molecule has 0 atom stereocenters. The van der Waals surface area contributed by atoms with Gasteiger partial charge in [0.05, 0.1) is 0 Å². The van der Waals surface area contributed by atoms with Crippen molar-refractivity contribution in [3.05, 3.63) is 47.8 Å². The van der Waals surface area contributed by atoms with E-state index < -0.39 is 11.9 Å². The first-order valence-corrected chi connectivity index (χ1v) is 5.85. The molecule has 0 spiro atoms. The summed E-state index contributed by atoms with van der Waals surface area (Å²) in [5.74, 6) is -0.0136. The molecule has 0 aliphatic rings. The van der Waals surface area contributed by atoms with Gasteiger partial charge in [-0.1, -0.05) is 12.1 Å². The van der Waals surface area contributed by atoms with Gasteiger partial charge in [-0.2, -0.15) is 13.2 Å². The number of nitrogens with two attached hydrogens (primary N) is 1. The maximum absolute atomic E-state index is 12.6. The first-order chi connectivity index (χ1) is 9.41. The lowest BCUT2D eigenvalue weighted by Crippen LogP contribution is -2.16. The molecule has 1 heterocycles. The lowest BCUT2D eigenvalue weighted by Gasteiger charge is -2.18. The van der Waals surface area contributed by atoms with Crippen molar-refractivity contribution in [3.8, 4) is 0 Å². The zero-order valence-corrected chi connectivity index (χ0v) is 10.7. The lowest BCUT2D eigenvalue weighted by atomic mass is 10.2. The smallest absolute Gasteiger partial charge is 0.326 e. The van der Waals surface area contributed by atoms with Crippen molar-refractivity contribution >= 4 is 11.6 Å². The van der Waals surface area contributed by atoms with Crippen LogP contribution in [0.1, 0.15) is 11.3 Å². The number of hydrogen-bond acceptors (Lipinski definition) is 4. The molecule has 0 radical (unpaired) electrons. The van der Waals surface area contributed by atoms with E-state index in [9.17, 15) is 13.2 Å². The predicted octanol–water partition coefficient (Wildman–Crippen LogP) is 2.72. The molecule has 0 amide bonds. The van der Waals surface area contributed by atoms with Gasteiger partial charge in [-0.3, -0.25) is 0 Å². The van der Waals surface area contributed by atoms with E-state index in [0.29, 0.717) is 12.2 Å². The van der Waals surface area contributed by atoms with Crippen molar-refractivity contribution in [1.29, 1.82) is 0 Å². The molecule has 2 rings (SSSR count). The van der Waals surface area contributed by atoms with Crippen LogP contribution in [0.2, 0.25) is 0 Å². The summed E-state index contributed by atoms with van der Waals surface area (Å²) in [6, 6.07) is 7.96. The Hall–Kier alpha value is -2.15. The van der Waals surface area contributed by atoms with Crippen molar-refractivity contribution in [3.63, 3.8) is 0 Å². The average molecular weight is 282 g/mol. The molecule has 0 unspecified atom stereocenters. The Kier molecular flexibility index (Phi) is 3.89. The van der Waals surface area contributed by atoms with Crippen LogP contribution in [0, 0.1) is 0 Å². The lowest BCUT2D eigenvalue weighted by molar-refractivity contribution is -0.141. The molecule has 0 aliphatic heterocycles. The van der Waals surface area contributed by atoms with Crippen LogP contribution in [0.15, 0.2) is 36.5 Å². The van der Waals surface area contributed by atoms with Crippen molar-refractivity contribution < 1.29 is 13.2 Å². The van der Waals surface area contributed by atoms with Gasteiger partial charge in [0, 0.05) is 25.5 Å². The standard InChI is InChI=1S/C13H13F3N4/c1-20(10-4-2-9(8-17)3-5-10)12-18-7-6-11(19-12)13(14,15)16/h2-7H,8,17H2,1H3. The monoisotopic (exact) mass is 282 g/mol. The second-order valence-electron chi connectivity index (χ2n) is 4.17. The molecule has 1 aromatic carbocycles. The number of anilines is 2. The fourth-order valence-corrected chi connectivity index (χ4v) is 1.64. The minimum atomic E-state index is -4.48. The van der Waals surface area contributed by atoms with Crippen LogP contribution in [0.5, 0.6) is 0 Å². The second-order valence-corrected chi connectivity index (χ2v) is 4.17. The summed E-state index contributed by atoms with van der Waals surface area (Å²) < 4.78 is 37.8. The van der Waals surface area contributed by atoms with E-state index in [2.05, 4.69) is 9.97 Å². The normalized spacial score (nSPS) is 11.4. The quantitative estimate of drug-likeness (QED) is 0.940. The Morgan fingerprint density at radius 3 is 2.35 bits per heavy atom. The van der Waals surface area contributed by atoms with Crippen molar-refractivity contribution in [2.45, 2.75) is 12.7 Å². The van der Waals surface area contributed by atoms with Gasteiger partial charge in [0.25, 0.3) is 0 Å². The second kappa shape index (κ2) is 5.46. The van der Waals surface area contributed by atoms with Crippen LogP contribution >= 0.6 is 0 Å². The third-order valence-electron chi connectivity index (χ3n) is 2.79. The highest BCUT2D eigenvalue weighted by molar-refractivity contribution is 5.56. The molecule has 1 aromatic heterocycles. The van der Waals surface area contributed by atoms with Gasteiger partial charge in [0.15, 0.2) is 0 Å². The van der Waals surface area contributed by atoms with Crippen LogP contribution < -0.4 is 10.6 Å². The van der Waals surface area contributed by atoms with E-state index in [0.717, 1.165) is 17.8 Å². The summed E-state index contributed by atoms with van der Waals surface area (Å²) >= 11 is 0. The van der Waals surface area contributed by atoms with Crippen molar-refractivity contribution in [2.75, 3.05) is 11.9 Å². The molecule has 0 fully saturated rings. The third-order valence-corrected chi connectivity index (χ3v) is 2.79. The Bertz CT molecular complexity index is 581. The van der Waals surface area contributed by atoms with Crippen LogP contribution in [-0.4, -0.2) is 17.0 Å². The SMILES string of the molecule is CN(c1ccc(CN)cc1)c1nccc(C(F)(F)F)n1. The first-order valence-electron chi connectivity index (χ1n) is 5.85. The molecule has 4 nitrogen and oxygen atoms in total. The summed E-state index contributed by atoms with van der Waals surface area (Å²) in [4.78, 5) is 8.87. The van der Waals surface area contributed by atoms with E-state index >= 15 is 0 Å². The number of rotatable bonds is 3. The molecule has 0 bridgehead atoms. The van der Waals surface area contributed by atoms with Gasteiger partial charge in [0.1, 0.15) is 5.69 Å². The summed E-state index contributed by atoms with van der Waals surface area (Å²) in [6.45, 7) is 0.407. The maximum atomic E-state index is 12.6. The highest BCUT2D eigenvalue weighted by Gasteiger charge is 2.33. The van der Waals surface area contributed by atoms with Crippen LogP contribution in [-0.2, 0) is 12.7 Å². The minimum absolute atomic E-state index is 0.0136. The summed E-state index contributed by atoms with van der Waals surface area (Å²) in [7, 11) is 1.60. The van der Waals surface area contributed by atoms with Gasteiger partial charge in [0.2, 0.25) is 5.95 Å². The molecule has 20 heavy (non-hydrogen) atoms. The molecule has 0 saturated heterocycles. The Balaban J connectivity index is 2.30. The Labute approximate surface area is 114 Å². The molecule has 2 aromatic rings. The van der Waals surface area contributed by atoms with E-state index in [1.165, 1.54) is 4.90 Å². The number of aromatic nitrogens is 2. The van der Waals surface area contributed by atoms with Crippen LogP contribution in [0.4, 0.5) is 24.8 Å². The van der Waals surface area contributed by atoms with Gasteiger partial charge in [-0.05, 0) is 23.8 Å². The molecule has 7 heteroatoms.